The Kier molecular flexibility index (Phi) is 4.34. The van der Waals surface area contributed by atoms with E-state index in [9.17, 15) is 0 Å². The number of imidazole rings is 1. The van der Waals surface area contributed by atoms with E-state index in [4.69, 9.17) is 9.47 Å². The molecule has 1 aromatic carbocycles. The summed E-state index contributed by atoms with van der Waals surface area (Å²) in [5.41, 5.74) is 2.37. The van der Waals surface area contributed by atoms with Crippen LogP contribution in [-0.4, -0.2) is 28.8 Å². The summed E-state index contributed by atoms with van der Waals surface area (Å²) in [5, 5.41) is 3.53. The lowest BCUT2D eigenvalue weighted by Crippen LogP contribution is -2.29. The molecule has 0 radical (unpaired) electrons. The summed E-state index contributed by atoms with van der Waals surface area (Å²) in [4.78, 5) is 4.07. The predicted molar refractivity (Wildman–Crippen MR) is 85.3 cm³/mol. The van der Waals surface area contributed by atoms with Gasteiger partial charge in [0.05, 0.1) is 13.4 Å². The number of methoxy groups -OCH3 is 1. The van der Waals surface area contributed by atoms with Gasteiger partial charge in [-0.05, 0) is 26.0 Å². The van der Waals surface area contributed by atoms with E-state index in [-0.39, 0.29) is 6.10 Å². The first kappa shape index (κ1) is 14.9. The van der Waals surface area contributed by atoms with Crippen molar-refractivity contribution in [1.82, 2.24) is 14.9 Å². The summed E-state index contributed by atoms with van der Waals surface area (Å²) < 4.78 is 13.4. The zero-order valence-electron chi connectivity index (χ0n) is 13.4. The molecule has 3 rings (SSSR count). The Morgan fingerprint density at radius 2 is 2.36 bits per heavy atom. The highest BCUT2D eigenvalue weighted by atomic mass is 16.5. The lowest BCUT2D eigenvalue weighted by molar-refractivity contribution is 0.254. The van der Waals surface area contributed by atoms with Gasteiger partial charge in [0, 0.05) is 49.1 Å². The van der Waals surface area contributed by atoms with E-state index in [0.29, 0.717) is 6.04 Å². The monoisotopic (exact) mass is 301 g/mol. The summed E-state index contributed by atoms with van der Waals surface area (Å²) in [6, 6.07) is 4.55. The number of nitrogens with zero attached hydrogens (tertiary/aromatic N) is 2. The maximum atomic E-state index is 5.84. The first-order valence-electron chi connectivity index (χ1n) is 7.71. The Labute approximate surface area is 131 Å². The van der Waals surface area contributed by atoms with Crippen molar-refractivity contribution in [3.8, 4) is 11.5 Å². The van der Waals surface area contributed by atoms with Gasteiger partial charge in [0.15, 0.2) is 0 Å². The van der Waals surface area contributed by atoms with E-state index < -0.39 is 0 Å². The molecule has 2 atom stereocenters. The van der Waals surface area contributed by atoms with Gasteiger partial charge >= 0.3 is 0 Å². The zero-order chi connectivity index (χ0) is 15.5. The molecule has 1 aliphatic rings. The highest BCUT2D eigenvalue weighted by Gasteiger charge is 2.21. The Bertz CT molecular complexity index is 625. The maximum absolute atomic E-state index is 5.84. The van der Waals surface area contributed by atoms with E-state index >= 15 is 0 Å². The Morgan fingerprint density at radius 3 is 3.09 bits per heavy atom. The number of rotatable bonds is 6. The highest BCUT2D eigenvalue weighted by molar-refractivity contribution is 5.48. The van der Waals surface area contributed by atoms with E-state index in [1.165, 1.54) is 5.56 Å². The van der Waals surface area contributed by atoms with Crippen molar-refractivity contribution in [3.05, 3.63) is 42.0 Å². The van der Waals surface area contributed by atoms with Gasteiger partial charge in [-0.1, -0.05) is 0 Å². The number of aromatic nitrogens is 2. The van der Waals surface area contributed by atoms with Crippen LogP contribution >= 0.6 is 0 Å². The van der Waals surface area contributed by atoms with Crippen LogP contribution in [0, 0.1) is 0 Å². The van der Waals surface area contributed by atoms with Crippen LogP contribution in [0.25, 0.3) is 0 Å². The van der Waals surface area contributed by atoms with Gasteiger partial charge in [-0.15, -0.1) is 0 Å². The molecule has 2 heterocycles. The molecule has 0 saturated carbocycles. The normalized spacial score (nSPS) is 17.9. The van der Waals surface area contributed by atoms with Crippen LogP contribution in [0.3, 0.4) is 0 Å². The second-order valence-electron chi connectivity index (χ2n) is 5.95. The standard InChI is InChI=1S/C17H23N3O2/c1-12(10-20-5-4-18-11-20)19-9-15-8-17-14(6-13(2)22-17)7-16(15)21-3/h4-5,7-8,11-13,19H,6,9-10H2,1-3H3/t12-,13-/m0/s1. The van der Waals surface area contributed by atoms with E-state index in [1.54, 1.807) is 13.3 Å². The van der Waals surface area contributed by atoms with Crippen molar-refractivity contribution in [2.75, 3.05) is 7.11 Å². The highest BCUT2D eigenvalue weighted by Crippen LogP contribution is 2.34. The van der Waals surface area contributed by atoms with Crippen molar-refractivity contribution >= 4 is 0 Å². The molecule has 5 heteroatoms. The van der Waals surface area contributed by atoms with E-state index in [1.807, 2.05) is 12.5 Å². The Hall–Kier alpha value is -2.01. The molecule has 2 aromatic rings. The molecule has 0 saturated heterocycles. The molecule has 1 N–H and O–H groups in total. The summed E-state index contributed by atoms with van der Waals surface area (Å²) >= 11 is 0. The Balaban J connectivity index is 1.66. The minimum absolute atomic E-state index is 0.253. The van der Waals surface area contributed by atoms with Crippen LogP contribution in [0.5, 0.6) is 11.5 Å². The van der Waals surface area contributed by atoms with Gasteiger partial charge in [-0.2, -0.15) is 0 Å². The zero-order valence-corrected chi connectivity index (χ0v) is 13.4. The number of fused-ring (bicyclic) bond motifs is 1. The average molecular weight is 301 g/mol. The van der Waals surface area contributed by atoms with E-state index in [0.717, 1.165) is 36.6 Å². The number of nitrogens with one attached hydrogen (secondary N) is 1. The molecule has 0 bridgehead atoms. The van der Waals surface area contributed by atoms with Gasteiger partial charge < -0.3 is 19.4 Å². The molecular weight excluding hydrogens is 278 g/mol. The van der Waals surface area contributed by atoms with Crippen LogP contribution in [-0.2, 0) is 19.5 Å². The molecule has 1 aliphatic heterocycles. The van der Waals surface area contributed by atoms with Gasteiger partial charge in [0.1, 0.15) is 17.6 Å². The fourth-order valence-corrected chi connectivity index (χ4v) is 2.87. The van der Waals surface area contributed by atoms with Crippen LogP contribution in [0.15, 0.2) is 30.9 Å². The van der Waals surface area contributed by atoms with Crippen LogP contribution < -0.4 is 14.8 Å². The van der Waals surface area contributed by atoms with Crippen LogP contribution in [0.1, 0.15) is 25.0 Å². The van der Waals surface area contributed by atoms with Crippen molar-refractivity contribution in [2.24, 2.45) is 0 Å². The molecule has 5 nitrogen and oxygen atoms in total. The lowest BCUT2D eigenvalue weighted by Gasteiger charge is -2.16. The molecule has 0 aliphatic carbocycles. The third-order valence-electron chi connectivity index (χ3n) is 3.98. The second-order valence-corrected chi connectivity index (χ2v) is 5.95. The molecule has 0 unspecified atom stereocenters. The quantitative estimate of drug-likeness (QED) is 0.890. The van der Waals surface area contributed by atoms with Crippen LogP contribution in [0.4, 0.5) is 0 Å². The molecular formula is C17H23N3O2. The molecule has 22 heavy (non-hydrogen) atoms. The smallest absolute Gasteiger partial charge is 0.123 e. The van der Waals surface area contributed by atoms with Crippen molar-refractivity contribution in [3.63, 3.8) is 0 Å². The third kappa shape index (κ3) is 3.25. The molecule has 1 aromatic heterocycles. The molecule has 0 amide bonds. The summed E-state index contributed by atoms with van der Waals surface area (Å²) in [5.74, 6) is 1.92. The Morgan fingerprint density at radius 1 is 1.50 bits per heavy atom. The maximum Gasteiger partial charge on any atom is 0.123 e. The van der Waals surface area contributed by atoms with Gasteiger partial charge in [0.2, 0.25) is 0 Å². The number of ether oxygens (including phenoxy) is 2. The topological polar surface area (TPSA) is 48.3 Å². The summed E-state index contributed by atoms with van der Waals surface area (Å²) in [6.45, 7) is 5.90. The van der Waals surface area contributed by atoms with Crippen LogP contribution in [0.2, 0.25) is 0 Å². The molecule has 0 fully saturated rings. The minimum atomic E-state index is 0.253. The second kappa shape index (κ2) is 6.40. The summed E-state index contributed by atoms with van der Waals surface area (Å²) in [6.07, 6.45) is 6.82. The fraction of sp³-hybridized carbons (Fsp3) is 0.471. The molecule has 0 spiro atoms. The van der Waals surface area contributed by atoms with Gasteiger partial charge in [-0.3, -0.25) is 0 Å². The van der Waals surface area contributed by atoms with Crippen molar-refractivity contribution in [1.29, 1.82) is 0 Å². The van der Waals surface area contributed by atoms with Gasteiger partial charge in [0.25, 0.3) is 0 Å². The predicted octanol–water partition coefficient (Wildman–Crippen LogP) is 2.39. The minimum Gasteiger partial charge on any atom is -0.496 e. The number of hydrogen-bond donors (Lipinski definition) is 1. The summed E-state index contributed by atoms with van der Waals surface area (Å²) in [7, 11) is 1.72. The van der Waals surface area contributed by atoms with E-state index in [2.05, 4.69) is 40.8 Å². The van der Waals surface area contributed by atoms with Gasteiger partial charge in [-0.25, -0.2) is 4.98 Å². The number of benzene rings is 1. The fourth-order valence-electron chi connectivity index (χ4n) is 2.87. The number of hydrogen-bond acceptors (Lipinski definition) is 4. The largest absolute Gasteiger partial charge is 0.496 e. The first-order chi connectivity index (χ1) is 10.7. The van der Waals surface area contributed by atoms with Crippen molar-refractivity contribution < 1.29 is 9.47 Å². The SMILES string of the molecule is COc1cc2c(cc1CN[C@@H](C)Cn1ccnc1)O[C@@H](C)C2. The lowest BCUT2D eigenvalue weighted by atomic mass is 10.1. The first-order valence-corrected chi connectivity index (χ1v) is 7.71. The third-order valence-corrected chi connectivity index (χ3v) is 3.98. The molecule has 118 valence electrons. The average Bonchev–Trinajstić information content (AvgIpc) is 3.11. The van der Waals surface area contributed by atoms with Crippen molar-refractivity contribution in [2.45, 2.75) is 45.5 Å².